The van der Waals surface area contributed by atoms with Crippen molar-refractivity contribution in [1.29, 1.82) is 0 Å². The molecule has 1 saturated carbocycles. The second-order valence-electron chi connectivity index (χ2n) is 10.2. The SMILES string of the molecule is CC(C)Cn1c(=O)[nH]c(=O)c2c(C(=O)NCc3ccc(CN4CCOCC4)cc3)cc(C3CC3)nc21. The number of morpholine rings is 1. The van der Waals surface area contributed by atoms with E-state index in [0.29, 0.717) is 18.7 Å². The van der Waals surface area contributed by atoms with Crippen LogP contribution in [0, 0.1) is 5.92 Å². The van der Waals surface area contributed by atoms with Gasteiger partial charge in [0.2, 0.25) is 0 Å². The predicted octanol–water partition coefficient (Wildman–Crippen LogP) is 2.38. The smallest absolute Gasteiger partial charge is 0.330 e. The first-order valence-electron chi connectivity index (χ1n) is 12.7. The van der Waals surface area contributed by atoms with Crippen LogP contribution in [0.1, 0.15) is 59.8 Å². The number of hydrogen-bond donors (Lipinski definition) is 2. The van der Waals surface area contributed by atoms with Gasteiger partial charge in [0.05, 0.1) is 24.2 Å². The summed E-state index contributed by atoms with van der Waals surface area (Å²) in [5.41, 5.74) is 2.44. The number of aromatic amines is 1. The maximum Gasteiger partial charge on any atom is 0.330 e. The van der Waals surface area contributed by atoms with Crippen LogP contribution < -0.4 is 16.6 Å². The Morgan fingerprint density at radius 3 is 2.50 bits per heavy atom. The Morgan fingerprint density at radius 1 is 1.14 bits per heavy atom. The Balaban J connectivity index is 1.38. The number of benzene rings is 1. The number of fused-ring (bicyclic) bond motifs is 1. The van der Waals surface area contributed by atoms with Crippen LogP contribution in [0.3, 0.4) is 0 Å². The molecule has 1 aromatic carbocycles. The third-order valence-corrected chi connectivity index (χ3v) is 6.74. The minimum absolute atomic E-state index is 0.165. The summed E-state index contributed by atoms with van der Waals surface area (Å²) in [5, 5.41) is 3.13. The number of amides is 1. The molecule has 5 rings (SSSR count). The molecule has 9 nitrogen and oxygen atoms in total. The van der Waals surface area contributed by atoms with Gasteiger partial charge >= 0.3 is 5.69 Å². The number of pyridine rings is 1. The van der Waals surface area contributed by atoms with Gasteiger partial charge in [-0.25, -0.2) is 9.78 Å². The van der Waals surface area contributed by atoms with Crippen molar-refractivity contribution in [2.24, 2.45) is 5.92 Å². The fourth-order valence-electron chi connectivity index (χ4n) is 4.65. The van der Waals surface area contributed by atoms with Gasteiger partial charge in [0.1, 0.15) is 0 Å². The van der Waals surface area contributed by atoms with Crippen LogP contribution in [-0.4, -0.2) is 51.6 Å². The molecule has 3 heterocycles. The zero-order chi connectivity index (χ0) is 25.2. The molecular formula is C27H33N5O4. The lowest BCUT2D eigenvalue weighted by molar-refractivity contribution is 0.0342. The monoisotopic (exact) mass is 491 g/mol. The molecule has 2 aliphatic rings. The van der Waals surface area contributed by atoms with E-state index in [4.69, 9.17) is 4.74 Å². The highest BCUT2D eigenvalue weighted by molar-refractivity contribution is 6.05. The standard InChI is InChI=1S/C27H33N5O4/c1-17(2)15-32-24-23(26(34)30-27(32)35)21(13-22(29-24)20-7-8-20)25(33)28-14-18-3-5-19(6-4-18)16-31-9-11-36-12-10-31/h3-6,13,17,20H,7-12,14-16H2,1-2H3,(H,28,33)(H,30,34,35). The minimum Gasteiger partial charge on any atom is -0.379 e. The van der Waals surface area contributed by atoms with Crippen LogP contribution in [-0.2, 0) is 24.4 Å². The first kappa shape index (κ1) is 24.4. The number of nitrogens with one attached hydrogen (secondary N) is 2. The zero-order valence-corrected chi connectivity index (χ0v) is 20.9. The van der Waals surface area contributed by atoms with Gasteiger partial charge in [0.25, 0.3) is 11.5 Å². The third-order valence-electron chi connectivity index (χ3n) is 6.74. The van der Waals surface area contributed by atoms with E-state index >= 15 is 0 Å². The molecule has 0 unspecified atom stereocenters. The zero-order valence-electron chi connectivity index (χ0n) is 20.9. The Bertz CT molecular complexity index is 1370. The average molecular weight is 492 g/mol. The maximum atomic E-state index is 13.3. The van der Waals surface area contributed by atoms with Crippen LogP contribution in [0.15, 0.2) is 39.9 Å². The Hall–Kier alpha value is -3.30. The molecule has 36 heavy (non-hydrogen) atoms. The third kappa shape index (κ3) is 5.42. The van der Waals surface area contributed by atoms with E-state index < -0.39 is 11.2 Å². The molecule has 1 amide bonds. The summed E-state index contributed by atoms with van der Waals surface area (Å²) in [6.07, 6.45) is 1.99. The predicted molar refractivity (Wildman–Crippen MR) is 137 cm³/mol. The highest BCUT2D eigenvalue weighted by Crippen LogP contribution is 2.39. The number of hydrogen-bond acceptors (Lipinski definition) is 6. The van der Waals surface area contributed by atoms with E-state index in [9.17, 15) is 14.4 Å². The van der Waals surface area contributed by atoms with Gasteiger partial charge < -0.3 is 10.1 Å². The van der Waals surface area contributed by atoms with Gasteiger partial charge in [0, 0.05) is 44.3 Å². The summed E-state index contributed by atoms with van der Waals surface area (Å²) in [5.74, 6) is 0.0930. The maximum absolute atomic E-state index is 13.3. The lowest BCUT2D eigenvalue weighted by atomic mass is 10.1. The molecule has 0 spiro atoms. The molecular weight excluding hydrogens is 458 g/mol. The lowest BCUT2D eigenvalue weighted by Gasteiger charge is -2.26. The second kappa shape index (κ2) is 10.4. The van der Waals surface area contributed by atoms with Crippen molar-refractivity contribution in [3.63, 3.8) is 0 Å². The summed E-state index contributed by atoms with van der Waals surface area (Å²) in [6, 6.07) is 9.92. The number of rotatable bonds is 8. The summed E-state index contributed by atoms with van der Waals surface area (Å²) < 4.78 is 6.89. The number of ether oxygens (including phenoxy) is 1. The van der Waals surface area contributed by atoms with E-state index in [0.717, 1.165) is 56.9 Å². The van der Waals surface area contributed by atoms with Crippen molar-refractivity contribution in [2.45, 2.75) is 52.2 Å². The van der Waals surface area contributed by atoms with Gasteiger partial charge in [-0.05, 0) is 36.0 Å². The Morgan fingerprint density at radius 2 is 1.83 bits per heavy atom. The lowest BCUT2D eigenvalue weighted by Crippen LogP contribution is -2.35. The van der Waals surface area contributed by atoms with Crippen LogP contribution >= 0.6 is 0 Å². The highest BCUT2D eigenvalue weighted by atomic mass is 16.5. The number of carbonyl (C=O) groups is 1. The first-order chi connectivity index (χ1) is 17.4. The number of aromatic nitrogens is 3. The molecule has 1 aliphatic heterocycles. The quantitative estimate of drug-likeness (QED) is 0.501. The largest absolute Gasteiger partial charge is 0.379 e. The molecule has 0 atom stereocenters. The molecule has 1 saturated heterocycles. The van der Waals surface area contributed by atoms with Crippen LogP contribution in [0.4, 0.5) is 0 Å². The van der Waals surface area contributed by atoms with E-state index in [1.807, 2.05) is 26.0 Å². The molecule has 2 N–H and O–H groups in total. The van der Waals surface area contributed by atoms with Crippen LogP contribution in [0.2, 0.25) is 0 Å². The van der Waals surface area contributed by atoms with E-state index in [1.54, 1.807) is 6.07 Å². The van der Waals surface area contributed by atoms with E-state index in [-0.39, 0.29) is 28.7 Å². The molecule has 3 aromatic rings. The van der Waals surface area contributed by atoms with Crippen molar-refractivity contribution >= 4 is 16.9 Å². The molecule has 0 radical (unpaired) electrons. The van der Waals surface area contributed by atoms with Crippen molar-refractivity contribution < 1.29 is 9.53 Å². The fraction of sp³-hybridized carbons (Fsp3) is 0.481. The van der Waals surface area contributed by atoms with Crippen molar-refractivity contribution in [3.05, 3.63) is 73.6 Å². The topological polar surface area (TPSA) is 109 Å². The second-order valence-corrected chi connectivity index (χ2v) is 10.2. The van der Waals surface area contributed by atoms with Gasteiger partial charge in [-0.3, -0.25) is 24.0 Å². The van der Waals surface area contributed by atoms with Gasteiger partial charge in [-0.15, -0.1) is 0 Å². The minimum atomic E-state index is -0.581. The fourth-order valence-corrected chi connectivity index (χ4v) is 4.65. The molecule has 9 heteroatoms. The number of carbonyl (C=O) groups excluding carboxylic acids is 1. The molecule has 190 valence electrons. The molecule has 1 aliphatic carbocycles. The Labute approximate surface area is 209 Å². The van der Waals surface area contributed by atoms with Crippen LogP contribution in [0.5, 0.6) is 0 Å². The summed E-state index contributed by atoms with van der Waals surface area (Å²) in [4.78, 5) is 48.2. The number of H-pyrrole nitrogens is 1. The van der Waals surface area contributed by atoms with E-state index in [1.165, 1.54) is 10.1 Å². The van der Waals surface area contributed by atoms with Gasteiger partial charge in [-0.1, -0.05) is 38.1 Å². The average Bonchev–Trinajstić information content (AvgIpc) is 3.71. The van der Waals surface area contributed by atoms with Crippen molar-refractivity contribution in [2.75, 3.05) is 26.3 Å². The normalized spacial score (nSPS) is 16.5. The van der Waals surface area contributed by atoms with E-state index in [2.05, 4.69) is 32.3 Å². The first-order valence-corrected chi connectivity index (χ1v) is 12.7. The molecule has 0 bridgehead atoms. The van der Waals surface area contributed by atoms with Crippen molar-refractivity contribution in [1.82, 2.24) is 24.8 Å². The van der Waals surface area contributed by atoms with Gasteiger partial charge in [0.15, 0.2) is 5.65 Å². The summed E-state index contributed by atoms with van der Waals surface area (Å²) in [6.45, 7) is 9.02. The summed E-state index contributed by atoms with van der Waals surface area (Å²) >= 11 is 0. The Kier molecular flexibility index (Phi) is 7.02. The molecule has 2 aromatic heterocycles. The number of nitrogens with zero attached hydrogens (tertiary/aromatic N) is 3. The highest BCUT2D eigenvalue weighted by Gasteiger charge is 2.28. The summed E-state index contributed by atoms with van der Waals surface area (Å²) in [7, 11) is 0. The van der Waals surface area contributed by atoms with Crippen molar-refractivity contribution in [3.8, 4) is 0 Å². The van der Waals surface area contributed by atoms with Crippen LogP contribution in [0.25, 0.3) is 11.0 Å². The molecule has 2 fully saturated rings. The van der Waals surface area contributed by atoms with Gasteiger partial charge in [-0.2, -0.15) is 0 Å².